The third-order valence-corrected chi connectivity index (χ3v) is 7.88. The minimum atomic E-state index is -3.69. The molecule has 7 heteroatoms. The number of sulfonamides is 1. The SMILES string of the molecule is COc1ccc(S(=O)(=O)N2CCCC(C(=O)NC(c3ccccc3)c3ccccc3)C2)cc1. The van der Waals surface area contributed by atoms with Gasteiger partial charge in [-0.2, -0.15) is 4.31 Å². The number of hydrogen-bond acceptors (Lipinski definition) is 4. The first-order valence-corrected chi connectivity index (χ1v) is 12.5. The number of carbonyl (C=O) groups excluding carboxylic acids is 1. The Morgan fingerprint density at radius 2 is 1.52 bits per heavy atom. The van der Waals surface area contributed by atoms with Crippen LogP contribution in [0.15, 0.2) is 89.8 Å². The minimum Gasteiger partial charge on any atom is -0.497 e. The lowest BCUT2D eigenvalue weighted by atomic mass is 9.95. The number of ether oxygens (including phenoxy) is 1. The lowest BCUT2D eigenvalue weighted by Crippen LogP contribution is -2.46. The minimum absolute atomic E-state index is 0.137. The van der Waals surface area contributed by atoms with Gasteiger partial charge in [-0.15, -0.1) is 0 Å². The number of amides is 1. The molecule has 0 bridgehead atoms. The Kier molecular flexibility index (Phi) is 7.11. The zero-order valence-electron chi connectivity index (χ0n) is 18.6. The molecule has 0 aromatic heterocycles. The molecule has 1 aliphatic heterocycles. The van der Waals surface area contributed by atoms with E-state index in [-0.39, 0.29) is 23.4 Å². The molecule has 1 aliphatic rings. The van der Waals surface area contributed by atoms with Gasteiger partial charge in [0.2, 0.25) is 15.9 Å². The summed E-state index contributed by atoms with van der Waals surface area (Å²) in [4.78, 5) is 13.5. The van der Waals surface area contributed by atoms with Crippen LogP contribution in [0.25, 0.3) is 0 Å². The van der Waals surface area contributed by atoms with E-state index in [9.17, 15) is 13.2 Å². The van der Waals surface area contributed by atoms with Crippen molar-refractivity contribution < 1.29 is 17.9 Å². The van der Waals surface area contributed by atoms with Crippen molar-refractivity contribution in [3.05, 3.63) is 96.1 Å². The van der Waals surface area contributed by atoms with Gasteiger partial charge in [-0.3, -0.25) is 4.79 Å². The van der Waals surface area contributed by atoms with Crippen LogP contribution >= 0.6 is 0 Å². The summed E-state index contributed by atoms with van der Waals surface area (Å²) in [5.41, 5.74) is 1.96. The topological polar surface area (TPSA) is 75.7 Å². The van der Waals surface area contributed by atoms with E-state index < -0.39 is 15.9 Å². The van der Waals surface area contributed by atoms with E-state index in [0.29, 0.717) is 25.1 Å². The first-order valence-electron chi connectivity index (χ1n) is 11.0. The molecule has 172 valence electrons. The van der Waals surface area contributed by atoms with Crippen molar-refractivity contribution in [3.8, 4) is 5.75 Å². The summed E-state index contributed by atoms with van der Waals surface area (Å²) in [7, 11) is -2.15. The summed E-state index contributed by atoms with van der Waals surface area (Å²) in [6.07, 6.45) is 1.28. The van der Waals surface area contributed by atoms with Crippen LogP contribution in [0.3, 0.4) is 0 Å². The van der Waals surface area contributed by atoms with Crippen molar-refractivity contribution in [1.29, 1.82) is 0 Å². The average molecular weight is 465 g/mol. The van der Waals surface area contributed by atoms with Gasteiger partial charge in [0.1, 0.15) is 5.75 Å². The summed E-state index contributed by atoms with van der Waals surface area (Å²) in [5.74, 6) is 0.0433. The van der Waals surface area contributed by atoms with Gasteiger partial charge in [-0.1, -0.05) is 60.7 Å². The lowest BCUT2D eigenvalue weighted by molar-refractivity contribution is -0.126. The maximum Gasteiger partial charge on any atom is 0.243 e. The lowest BCUT2D eigenvalue weighted by Gasteiger charge is -2.32. The molecule has 3 aromatic carbocycles. The van der Waals surface area contributed by atoms with Crippen LogP contribution in [0.1, 0.15) is 30.0 Å². The predicted octanol–water partition coefficient (Wildman–Crippen LogP) is 4.00. The molecule has 1 heterocycles. The summed E-state index contributed by atoms with van der Waals surface area (Å²) < 4.78 is 32.9. The molecule has 0 spiro atoms. The molecule has 1 amide bonds. The first-order chi connectivity index (χ1) is 16.0. The van der Waals surface area contributed by atoms with Gasteiger partial charge >= 0.3 is 0 Å². The smallest absolute Gasteiger partial charge is 0.243 e. The summed E-state index contributed by atoms with van der Waals surface area (Å²) in [6.45, 7) is 0.565. The maximum atomic E-state index is 13.3. The molecule has 1 saturated heterocycles. The highest BCUT2D eigenvalue weighted by Crippen LogP contribution is 2.27. The molecular weight excluding hydrogens is 436 g/mol. The molecule has 4 rings (SSSR count). The van der Waals surface area contributed by atoms with Crippen LogP contribution in [0.2, 0.25) is 0 Å². The van der Waals surface area contributed by atoms with Gasteiger partial charge in [0, 0.05) is 13.1 Å². The van der Waals surface area contributed by atoms with Crippen LogP contribution in [0.4, 0.5) is 0 Å². The standard InChI is InChI=1S/C26H28N2O4S/c1-32-23-14-16-24(17-15-23)33(30,31)28-18-8-13-22(19-28)26(29)27-25(20-9-4-2-5-10-20)21-11-6-3-7-12-21/h2-7,9-12,14-17,22,25H,8,13,18-19H2,1H3,(H,27,29). The summed E-state index contributed by atoms with van der Waals surface area (Å²) >= 11 is 0. The number of hydrogen-bond donors (Lipinski definition) is 1. The zero-order valence-corrected chi connectivity index (χ0v) is 19.4. The molecule has 0 aliphatic carbocycles. The Hall–Kier alpha value is -3.16. The normalized spacial score (nSPS) is 17.0. The second-order valence-electron chi connectivity index (χ2n) is 8.14. The molecular formula is C26H28N2O4S. The van der Waals surface area contributed by atoms with E-state index in [4.69, 9.17) is 4.74 Å². The quantitative estimate of drug-likeness (QED) is 0.573. The van der Waals surface area contributed by atoms with Crippen molar-refractivity contribution >= 4 is 15.9 Å². The highest BCUT2D eigenvalue weighted by Gasteiger charge is 2.34. The molecule has 33 heavy (non-hydrogen) atoms. The number of rotatable bonds is 7. The van der Waals surface area contributed by atoms with Crippen molar-refractivity contribution in [1.82, 2.24) is 9.62 Å². The number of methoxy groups -OCH3 is 1. The molecule has 1 fully saturated rings. The zero-order chi connectivity index (χ0) is 23.3. The average Bonchev–Trinajstić information content (AvgIpc) is 2.88. The molecule has 1 atom stereocenters. The molecule has 1 unspecified atom stereocenters. The van der Waals surface area contributed by atoms with E-state index in [1.165, 1.54) is 11.4 Å². The van der Waals surface area contributed by atoms with Crippen LogP contribution in [-0.2, 0) is 14.8 Å². The summed E-state index contributed by atoms with van der Waals surface area (Å²) in [6, 6.07) is 25.6. The Morgan fingerprint density at radius 1 is 0.939 bits per heavy atom. The van der Waals surface area contributed by atoms with Crippen molar-refractivity contribution in [2.24, 2.45) is 5.92 Å². The Labute approximate surface area is 195 Å². The number of nitrogens with zero attached hydrogens (tertiary/aromatic N) is 1. The second kappa shape index (κ2) is 10.2. The van der Waals surface area contributed by atoms with Crippen molar-refractivity contribution in [3.63, 3.8) is 0 Å². The van der Waals surface area contributed by atoms with E-state index in [1.54, 1.807) is 24.3 Å². The molecule has 0 radical (unpaired) electrons. The third kappa shape index (κ3) is 5.26. The van der Waals surface area contributed by atoms with Crippen LogP contribution < -0.4 is 10.1 Å². The maximum absolute atomic E-state index is 13.3. The van der Waals surface area contributed by atoms with E-state index in [1.807, 2.05) is 60.7 Å². The second-order valence-corrected chi connectivity index (χ2v) is 10.1. The Morgan fingerprint density at radius 3 is 2.06 bits per heavy atom. The Balaban J connectivity index is 1.51. The number of carbonyl (C=O) groups is 1. The summed E-state index contributed by atoms with van der Waals surface area (Å²) in [5, 5.41) is 3.17. The predicted molar refractivity (Wildman–Crippen MR) is 127 cm³/mol. The van der Waals surface area contributed by atoms with Gasteiger partial charge in [0.25, 0.3) is 0 Å². The monoisotopic (exact) mass is 464 g/mol. The fourth-order valence-corrected chi connectivity index (χ4v) is 5.71. The highest BCUT2D eigenvalue weighted by molar-refractivity contribution is 7.89. The van der Waals surface area contributed by atoms with E-state index in [0.717, 1.165) is 11.1 Å². The Bertz CT molecular complexity index is 1130. The molecule has 3 aromatic rings. The van der Waals surface area contributed by atoms with Crippen LogP contribution in [0.5, 0.6) is 5.75 Å². The van der Waals surface area contributed by atoms with Gasteiger partial charge < -0.3 is 10.1 Å². The fraction of sp³-hybridized carbons (Fsp3) is 0.269. The molecule has 6 nitrogen and oxygen atoms in total. The third-order valence-electron chi connectivity index (χ3n) is 6.00. The fourth-order valence-electron chi connectivity index (χ4n) is 4.18. The largest absolute Gasteiger partial charge is 0.497 e. The van der Waals surface area contributed by atoms with Gasteiger partial charge in [0.05, 0.1) is 24.0 Å². The number of piperidine rings is 1. The van der Waals surface area contributed by atoms with Gasteiger partial charge in [-0.05, 0) is 48.2 Å². The van der Waals surface area contributed by atoms with Gasteiger partial charge in [-0.25, -0.2) is 8.42 Å². The van der Waals surface area contributed by atoms with E-state index in [2.05, 4.69) is 5.32 Å². The van der Waals surface area contributed by atoms with Gasteiger partial charge in [0.15, 0.2) is 0 Å². The van der Waals surface area contributed by atoms with Crippen molar-refractivity contribution in [2.45, 2.75) is 23.8 Å². The van der Waals surface area contributed by atoms with E-state index >= 15 is 0 Å². The molecule has 0 saturated carbocycles. The first kappa shape index (κ1) is 23.0. The van der Waals surface area contributed by atoms with Crippen LogP contribution in [-0.4, -0.2) is 38.8 Å². The highest BCUT2D eigenvalue weighted by atomic mass is 32.2. The molecule has 1 N–H and O–H groups in total. The number of benzene rings is 3. The number of nitrogens with one attached hydrogen (secondary N) is 1. The van der Waals surface area contributed by atoms with Crippen LogP contribution in [0, 0.1) is 5.92 Å². The van der Waals surface area contributed by atoms with Crippen molar-refractivity contribution in [2.75, 3.05) is 20.2 Å².